The maximum Gasteiger partial charge on any atom is 0.225 e. The highest BCUT2D eigenvalue weighted by molar-refractivity contribution is 7.19. The largest absolute Gasteiger partial charge is 0.372 e. The Morgan fingerprint density at radius 1 is 1.08 bits per heavy atom. The highest BCUT2D eigenvalue weighted by Gasteiger charge is 2.27. The van der Waals surface area contributed by atoms with Crippen molar-refractivity contribution in [3.8, 4) is 11.1 Å². The fourth-order valence-corrected chi connectivity index (χ4v) is 4.99. The van der Waals surface area contributed by atoms with Gasteiger partial charge in [0.15, 0.2) is 0 Å². The van der Waals surface area contributed by atoms with Crippen molar-refractivity contribution >= 4 is 50.6 Å². The van der Waals surface area contributed by atoms with Gasteiger partial charge in [0.1, 0.15) is 10.6 Å². The van der Waals surface area contributed by atoms with Gasteiger partial charge in [0.2, 0.25) is 5.28 Å². The van der Waals surface area contributed by atoms with Crippen molar-refractivity contribution in [2.45, 2.75) is 33.0 Å². The van der Waals surface area contributed by atoms with E-state index in [1.54, 1.807) is 11.3 Å². The molecule has 4 rings (SSSR count). The molecule has 0 N–H and O–H groups in total. The zero-order chi connectivity index (χ0) is 18.4. The van der Waals surface area contributed by atoms with Gasteiger partial charge in [-0.1, -0.05) is 23.7 Å². The maximum atomic E-state index is 6.25. The Morgan fingerprint density at radius 2 is 1.73 bits per heavy atom. The molecule has 0 aliphatic carbocycles. The summed E-state index contributed by atoms with van der Waals surface area (Å²) in [6.45, 7) is 7.84. The minimum Gasteiger partial charge on any atom is -0.372 e. The summed E-state index contributed by atoms with van der Waals surface area (Å²) in [4.78, 5) is 13.5. The van der Waals surface area contributed by atoms with Gasteiger partial charge in [-0.2, -0.15) is 4.98 Å². The van der Waals surface area contributed by atoms with Crippen LogP contribution in [0, 0.1) is 6.92 Å². The molecule has 136 valence electrons. The minimum atomic E-state index is 0.140. The van der Waals surface area contributed by atoms with Crippen LogP contribution in [0.1, 0.15) is 18.7 Å². The van der Waals surface area contributed by atoms with Crippen molar-refractivity contribution in [2.75, 3.05) is 18.0 Å². The van der Waals surface area contributed by atoms with Crippen molar-refractivity contribution in [1.82, 2.24) is 9.97 Å². The Balaban J connectivity index is 1.93. The molecule has 26 heavy (non-hydrogen) atoms. The van der Waals surface area contributed by atoms with Crippen LogP contribution >= 0.6 is 34.5 Å². The summed E-state index contributed by atoms with van der Waals surface area (Å²) in [5.41, 5.74) is 2.26. The Morgan fingerprint density at radius 3 is 2.38 bits per heavy atom. The summed E-state index contributed by atoms with van der Waals surface area (Å²) in [5.74, 6) is 0.885. The number of hydrogen-bond donors (Lipinski definition) is 0. The van der Waals surface area contributed by atoms with Gasteiger partial charge in [-0.3, -0.25) is 0 Å². The number of fused-ring (bicyclic) bond motifs is 1. The lowest BCUT2D eigenvalue weighted by Crippen LogP contribution is -2.46. The number of halogens is 2. The van der Waals surface area contributed by atoms with E-state index in [1.165, 1.54) is 4.88 Å². The fraction of sp³-hybridized carbons (Fsp3) is 0.368. The predicted octanol–water partition coefficient (Wildman–Crippen LogP) is 5.59. The zero-order valence-corrected chi connectivity index (χ0v) is 17.1. The molecule has 4 nitrogen and oxygen atoms in total. The van der Waals surface area contributed by atoms with Crippen molar-refractivity contribution < 1.29 is 4.74 Å². The van der Waals surface area contributed by atoms with Crippen molar-refractivity contribution in [1.29, 1.82) is 0 Å². The molecule has 0 bridgehead atoms. The van der Waals surface area contributed by atoms with Gasteiger partial charge >= 0.3 is 0 Å². The Bertz CT molecular complexity index is 948. The van der Waals surface area contributed by atoms with E-state index in [0.717, 1.165) is 45.3 Å². The molecule has 3 heterocycles. The highest BCUT2D eigenvalue weighted by atomic mass is 35.5. The molecular weight excluding hydrogens is 389 g/mol. The standard InChI is InChI=1S/C19H19Cl2N3OS/c1-10-8-24(9-11(2)25-10)17-16-15(13-4-6-14(20)7-5-13)12(3)26-18(16)23-19(21)22-17/h4-7,10-11H,8-9H2,1-3H3. The average molecular weight is 408 g/mol. The highest BCUT2D eigenvalue weighted by Crippen LogP contribution is 2.42. The Labute approximate surface area is 166 Å². The van der Waals surface area contributed by atoms with E-state index < -0.39 is 0 Å². The second-order valence-electron chi connectivity index (χ2n) is 6.70. The summed E-state index contributed by atoms with van der Waals surface area (Å²) in [7, 11) is 0. The normalized spacial score (nSPS) is 20.7. The molecule has 0 spiro atoms. The Kier molecular flexibility index (Phi) is 4.82. The van der Waals surface area contributed by atoms with Crippen LogP contribution in [-0.2, 0) is 4.74 Å². The van der Waals surface area contributed by atoms with Gasteiger partial charge in [0.25, 0.3) is 0 Å². The smallest absolute Gasteiger partial charge is 0.225 e. The van der Waals surface area contributed by atoms with Crippen LogP contribution in [0.3, 0.4) is 0 Å². The van der Waals surface area contributed by atoms with Gasteiger partial charge in [-0.05, 0) is 50.1 Å². The van der Waals surface area contributed by atoms with Crippen LogP contribution in [0.4, 0.5) is 5.82 Å². The molecular formula is C19H19Cl2N3OS. The molecule has 1 aromatic carbocycles. The maximum absolute atomic E-state index is 6.25. The molecule has 1 aliphatic rings. The number of aromatic nitrogens is 2. The van der Waals surface area contributed by atoms with Crippen LogP contribution in [0.5, 0.6) is 0 Å². The monoisotopic (exact) mass is 407 g/mol. The van der Waals surface area contributed by atoms with Crippen LogP contribution in [0.25, 0.3) is 21.3 Å². The van der Waals surface area contributed by atoms with E-state index in [9.17, 15) is 0 Å². The molecule has 2 aromatic heterocycles. The topological polar surface area (TPSA) is 38.2 Å². The second-order valence-corrected chi connectivity index (χ2v) is 8.68. The lowest BCUT2D eigenvalue weighted by Gasteiger charge is -2.36. The number of rotatable bonds is 2. The number of morpholine rings is 1. The Hall–Kier alpha value is -1.40. The third-order valence-corrected chi connectivity index (χ3v) is 5.95. The molecule has 1 saturated heterocycles. The second kappa shape index (κ2) is 6.97. The lowest BCUT2D eigenvalue weighted by molar-refractivity contribution is -0.00536. The van der Waals surface area contributed by atoms with Crippen LogP contribution in [0.2, 0.25) is 10.3 Å². The zero-order valence-electron chi connectivity index (χ0n) is 14.8. The lowest BCUT2D eigenvalue weighted by atomic mass is 10.0. The molecule has 2 unspecified atom stereocenters. The summed E-state index contributed by atoms with van der Waals surface area (Å²) < 4.78 is 5.88. The third kappa shape index (κ3) is 3.29. The third-order valence-electron chi connectivity index (χ3n) is 4.53. The molecule has 1 fully saturated rings. The predicted molar refractivity (Wildman–Crippen MR) is 110 cm³/mol. The van der Waals surface area contributed by atoms with Crippen molar-refractivity contribution in [2.24, 2.45) is 0 Å². The van der Waals surface area contributed by atoms with Gasteiger partial charge in [-0.25, -0.2) is 4.98 Å². The SMILES string of the molecule is Cc1sc2nc(Cl)nc(N3CC(C)OC(C)C3)c2c1-c1ccc(Cl)cc1. The number of ether oxygens (including phenoxy) is 1. The fourth-order valence-electron chi connectivity index (χ4n) is 3.61. The summed E-state index contributed by atoms with van der Waals surface area (Å²) in [5, 5.41) is 2.06. The van der Waals surface area contributed by atoms with Crippen LogP contribution in [-0.4, -0.2) is 35.3 Å². The number of benzene rings is 1. The number of nitrogens with zero attached hydrogens (tertiary/aromatic N) is 3. The molecule has 1 aliphatic heterocycles. The van der Waals surface area contributed by atoms with Gasteiger partial charge in [0, 0.05) is 28.6 Å². The molecule has 2 atom stereocenters. The quantitative estimate of drug-likeness (QED) is 0.519. The first-order chi connectivity index (χ1) is 12.4. The molecule has 7 heteroatoms. The number of hydrogen-bond acceptors (Lipinski definition) is 5. The van der Waals surface area contributed by atoms with Gasteiger partial charge in [-0.15, -0.1) is 11.3 Å². The van der Waals surface area contributed by atoms with E-state index >= 15 is 0 Å². The van der Waals surface area contributed by atoms with E-state index in [4.69, 9.17) is 27.9 Å². The first-order valence-corrected chi connectivity index (χ1v) is 10.1. The molecule has 0 saturated carbocycles. The average Bonchev–Trinajstić information content (AvgIpc) is 2.89. The molecule has 0 amide bonds. The number of aryl methyl sites for hydroxylation is 1. The summed E-state index contributed by atoms with van der Waals surface area (Å²) in [6, 6.07) is 7.91. The summed E-state index contributed by atoms with van der Waals surface area (Å²) in [6.07, 6.45) is 0.280. The van der Waals surface area contributed by atoms with E-state index in [1.807, 2.05) is 24.3 Å². The molecule has 0 radical (unpaired) electrons. The minimum absolute atomic E-state index is 0.140. The number of thiophene rings is 1. The summed E-state index contributed by atoms with van der Waals surface area (Å²) >= 11 is 14.0. The first-order valence-electron chi connectivity index (χ1n) is 8.55. The van der Waals surface area contributed by atoms with Crippen molar-refractivity contribution in [3.05, 3.63) is 39.4 Å². The van der Waals surface area contributed by atoms with Crippen LogP contribution < -0.4 is 4.90 Å². The van der Waals surface area contributed by atoms with E-state index in [2.05, 4.69) is 35.6 Å². The number of anilines is 1. The van der Waals surface area contributed by atoms with Gasteiger partial charge < -0.3 is 9.64 Å². The first kappa shape index (κ1) is 18.0. The van der Waals surface area contributed by atoms with Crippen molar-refractivity contribution in [3.63, 3.8) is 0 Å². The van der Waals surface area contributed by atoms with Crippen LogP contribution in [0.15, 0.2) is 24.3 Å². The van der Waals surface area contributed by atoms with E-state index in [0.29, 0.717) is 0 Å². The van der Waals surface area contributed by atoms with Gasteiger partial charge in [0.05, 0.1) is 17.6 Å². The molecule has 3 aromatic rings. The van der Waals surface area contributed by atoms with E-state index in [-0.39, 0.29) is 17.5 Å².